The normalized spacial score (nSPS) is 18.8. The van der Waals surface area contributed by atoms with Crippen molar-refractivity contribution in [3.8, 4) is 0 Å². The number of carbonyl (C=O) groups is 1. The summed E-state index contributed by atoms with van der Waals surface area (Å²) in [5, 5.41) is 9.90. The maximum atomic E-state index is 12.3. The summed E-state index contributed by atoms with van der Waals surface area (Å²) >= 11 is 1.51. The number of carboxylic acids is 1. The van der Waals surface area contributed by atoms with Crippen molar-refractivity contribution >= 4 is 38.8 Å². The first-order valence-electron chi connectivity index (χ1n) is 9.18. The van der Waals surface area contributed by atoms with Gasteiger partial charge < -0.3 is 9.67 Å². The van der Waals surface area contributed by atoms with Gasteiger partial charge in [0.1, 0.15) is 6.54 Å². The number of aliphatic carboxylic acids is 1. The molecule has 9 heteroatoms. The van der Waals surface area contributed by atoms with Crippen LogP contribution in [0.25, 0.3) is 11.0 Å². The number of rotatable bonds is 8. The van der Waals surface area contributed by atoms with E-state index in [0.29, 0.717) is 24.7 Å². The van der Waals surface area contributed by atoms with Gasteiger partial charge in [-0.05, 0) is 37.3 Å². The second kappa shape index (κ2) is 8.62. The van der Waals surface area contributed by atoms with Gasteiger partial charge in [-0.3, -0.25) is 4.79 Å². The molecule has 2 aromatic rings. The minimum Gasteiger partial charge on any atom is -0.480 e. The number of piperidine rings is 1. The molecule has 1 fully saturated rings. The number of carboxylic acid groups (broad SMARTS) is 1. The molecule has 1 aliphatic rings. The smallest absolute Gasteiger partial charge is 0.323 e. The van der Waals surface area contributed by atoms with Crippen molar-refractivity contribution in [3.63, 3.8) is 0 Å². The lowest BCUT2D eigenvalue weighted by atomic mass is 10.0. The number of benzene rings is 1. The van der Waals surface area contributed by atoms with Gasteiger partial charge in [-0.1, -0.05) is 30.8 Å². The van der Waals surface area contributed by atoms with Crippen LogP contribution in [0.1, 0.15) is 26.2 Å². The van der Waals surface area contributed by atoms with Crippen LogP contribution in [0.3, 0.4) is 0 Å². The van der Waals surface area contributed by atoms with Crippen molar-refractivity contribution in [1.82, 2.24) is 13.9 Å². The zero-order valence-corrected chi connectivity index (χ0v) is 17.0. The van der Waals surface area contributed by atoms with E-state index in [1.54, 1.807) is 8.87 Å². The highest BCUT2D eigenvalue weighted by Crippen LogP contribution is 2.29. The average Bonchev–Trinajstić information content (AvgIpc) is 2.97. The first-order valence-corrected chi connectivity index (χ1v) is 11.8. The van der Waals surface area contributed by atoms with E-state index in [1.165, 1.54) is 11.8 Å². The monoisotopic (exact) mass is 411 g/mol. The summed E-state index contributed by atoms with van der Waals surface area (Å²) in [4.78, 5) is 15.8. The molecule has 148 valence electrons. The predicted octanol–water partition coefficient (Wildman–Crippen LogP) is 2.66. The Balaban J connectivity index is 1.72. The molecule has 0 bridgehead atoms. The summed E-state index contributed by atoms with van der Waals surface area (Å²) in [5.74, 6) is 0.255. The largest absolute Gasteiger partial charge is 0.480 e. The third kappa shape index (κ3) is 4.83. The quantitative estimate of drug-likeness (QED) is 0.672. The highest BCUT2D eigenvalue weighted by Gasteiger charge is 2.28. The molecular formula is C18H25N3O4S2. The summed E-state index contributed by atoms with van der Waals surface area (Å²) in [7, 11) is -3.17. The van der Waals surface area contributed by atoms with Crippen LogP contribution in [0.5, 0.6) is 0 Å². The van der Waals surface area contributed by atoms with Crippen LogP contribution in [0.4, 0.5) is 0 Å². The first-order chi connectivity index (χ1) is 12.9. The summed E-state index contributed by atoms with van der Waals surface area (Å²) in [5.41, 5.74) is 1.58. The third-order valence-electron chi connectivity index (χ3n) is 4.70. The molecule has 1 aliphatic heterocycles. The molecule has 3 rings (SSSR count). The van der Waals surface area contributed by atoms with E-state index in [2.05, 4.69) is 4.98 Å². The van der Waals surface area contributed by atoms with Crippen LogP contribution in [0, 0.1) is 5.92 Å². The molecule has 2 heterocycles. The summed E-state index contributed by atoms with van der Waals surface area (Å²) < 4.78 is 28.0. The first kappa shape index (κ1) is 20.2. The molecule has 0 aliphatic carbocycles. The molecule has 1 aromatic heterocycles. The van der Waals surface area contributed by atoms with Gasteiger partial charge in [0.05, 0.1) is 16.8 Å². The molecule has 7 nitrogen and oxygen atoms in total. The fourth-order valence-electron chi connectivity index (χ4n) is 3.45. The summed E-state index contributed by atoms with van der Waals surface area (Å²) in [6, 6.07) is 7.49. The topological polar surface area (TPSA) is 92.5 Å². The molecule has 1 saturated heterocycles. The fraction of sp³-hybridized carbons (Fsp3) is 0.556. The van der Waals surface area contributed by atoms with E-state index >= 15 is 0 Å². The number of imidazole rings is 1. The summed E-state index contributed by atoms with van der Waals surface area (Å²) in [6.07, 6.45) is 2.46. The number of para-hydroxylation sites is 2. The van der Waals surface area contributed by atoms with E-state index in [4.69, 9.17) is 0 Å². The SMILES string of the molecule is CCCS(=O)(=O)N1CCCC(CSc2nc3ccccc3n2CC(=O)O)C1. The molecule has 1 aromatic carbocycles. The Bertz CT molecular complexity index is 910. The van der Waals surface area contributed by atoms with Crippen LogP contribution in [-0.2, 0) is 21.4 Å². The van der Waals surface area contributed by atoms with Gasteiger partial charge in [-0.2, -0.15) is 0 Å². The molecular weight excluding hydrogens is 386 g/mol. The lowest BCUT2D eigenvalue weighted by Crippen LogP contribution is -2.41. The van der Waals surface area contributed by atoms with Gasteiger partial charge in [0, 0.05) is 18.8 Å². The van der Waals surface area contributed by atoms with Gasteiger partial charge >= 0.3 is 5.97 Å². The van der Waals surface area contributed by atoms with Crippen molar-refractivity contribution in [2.45, 2.75) is 37.9 Å². The Hall–Kier alpha value is -1.58. The third-order valence-corrected chi connectivity index (χ3v) is 7.95. The zero-order valence-electron chi connectivity index (χ0n) is 15.4. The highest BCUT2D eigenvalue weighted by atomic mass is 32.2. The second-order valence-corrected chi connectivity index (χ2v) is 9.93. The molecule has 1 unspecified atom stereocenters. The van der Waals surface area contributed by atoms with Crippen LogP contribution >= 0.6 is 11.8 Å². The zero-order chi connectivity index (χ0) is 19.4. The molecule has 0 radical (unpaired) electrons. The van der Waals surface area contributed by atoms with E-state index in [1.807, 2.05) is 31.2 Å². The Morgan fingerprint density at radius 3 is 2.89 bits per heavy atom. The lowest BCUT2D eigenvalue weighted by molar-refractivity contribution is -0.137. The van der Waals surface area contributed by atoms with Crippen LogP contribution in [-0.4, -0.2) is 57.9 Å². The second-order valence-electron chi connectivity index (χ2n) is 6.86. The lowest BCUT2D eigenvalue weighted by Gasteiger charge is -2.31. The fourth-order valence-corrected chi connectivity index (χ4v) is 6.20. The minimum atomic E-state index is -3.17. The Kier molecular flexibility index (Phi) is 6.44. The maximum Gasteiger partial charge on any atom is 0.323 e. The number of nitrogens with zero attached hydrogens (tertiary/aromatic N) is 3. The predicted molar refractivity (Wildman–Crippen MR) is 106 cm³/mol. The van der Waals surface area contributed by atoms with E-state index in [0.717, 1.165) is 29.6 Å². The molecule has 0 spiro atoms. The van der Waals surface area contributed by atoms with Crippen molar-refractivity contribution in [2.75, 3.05) is 24.6 Å². The Labute approximate surface area is 163 Å². The van der Waals surface area contributed by atoms with Gasteiger partial charge in [-0.15, -0.1) is 0 Å². The van der Waals surface area contributed by atoms with Crippen LogP contribution < -0.4 is 0 Å². The number of thioether (sulfide) groups is 1. The van der Waals surface area contributed by atoms with E-state index in [-0.39, 0.29) is 18.2 Å². The highest BCUT2D eigenvalue weighted by molar-refractivity contribution is 7.99. The van der Waals surface area contributed by atoms with Crippen LogP contribution in [0.15, 0.2) is 29.4 Å². The number of aromatic nitrogens is 2. The number of hydrogen-bond donors (Lipinski definition) is 1. The Morgan fingerprint density at radius 2 is 2.15 bits per heavy atom. The standard InChI is InChI=1S/C18H25N3O4S2/c1-2-10-27(24,25)20-9-5-6-14(11-20)13-26-18-19-15-7-3-4-8-16(15)21(18)12-17(22)23/h3-4,7-8,14H,2,5-6,9-13H2,1H3,(H,22,23). The molecule has 0 amide bonds. The molecule has 1 atom stereocenters. The number of sulfonamides is 1. The minimum absolute atomic E-state index is 0.134. The van der Waals surface area contributed by atoms with E-state index in [9.17, 15) is 18.3 Å². The van der Waals surface area contributed by atoms with Gasteiger partial charge in [0.15, 0.2) is 5.16 Å². The van der Waals surface area contributed by atoms with Crippen molar-refractivity contribution in [1.29, 1.82) is 0 Å². The molecule has 0 saturated carbocycles. The van der Waals surface area contributed by atoms with Gasteiger partial charge in [-0.25, -0.2) is 17.7 Å². The molecule has 1 N–H and O–H groups in total. The average molecular weight is 412 g/mol. The van der Waals surface area contributed by atoms with Crippen molar-refractivity contribution in [3.05, 3.63) is 24.3 Å². The molecule has 27 heavy (non-hydrogen) atoms. The van der Waals surface area contributed by atoms with Crippen molar-refractivity contribution in [2.24, 2.45) is 5.92 Å². The van der Waals surface area contributed by atoms with Gasteiger partial charge in [0.25, 0.3) is 0 Å². The Morgan fingerprint density at radius 1 is 1.37 bits per heavy atom. The summed E-state index contributed by atoms with van der Waals surface area (Å²) in [6.45, 7) is 2.88. The van der Waals surface area contributed by atoms with Crippen LogP contribution in [0.2, 0.25) is 0 Å². The van der Waals surface area contributed by atoms with E-state index < -0.39 is 16.0 Å². The number of hydrogen-bond acceptors (Lipinski definition) is 5. The van der Waals surface area contributed by atoms with Gasteiger partial charge in [0.2, 0.25) is 10.0 Å². The maximum absolute atomic E-state index is 12.3. The number of fused-ring (bicyclic) bond motifs is 1. The van der Waals surface area contributed by atoms with Crippen molar-refractivity contribution < 1.29 is 18.3 Å².